The maximum atomic E-state index is 11.0. The first-order valence-corrected chi connectivity index (χ1v) is 7.01. The van der Waals surface area contributed by atoms with Crippen LogP contribution in [0.1, 0.15) is 56.1 Å². The van der Waals surface area contributed by atoms with Crippen molar-refractivity contribution in [1.29, 1.82) is 0 Å². The highest BCUT2D eigenvalue weighted by Gasteiger charge is 2.29. The minimum absolute atomic E-state index is 0.215. The second-order valence-corrected chi connectivity index (χ2v) is 5.39. The van der Waals surface area contributed by atoms with Crippen molar-refractivity contribution in [2.75, 3.05) is 0 Å². The lowest BCUT2D eigenvalue weighted by atomic mass is 9.71. The van der Waals surface area contributed by atoms with E-state index >= 15 is 0 Å². The summed E-state index contributed by atoms with van der Waals surface area (Å²) in [6.45, 7) is 2.18. The molecule has 0 spiro atoms. The van der Waals surface area contributed by atoms with Crippen molar-refractivity contribution in [1.82, 2.24) is 0 Å². The van der Waals surface area contributed by atoms with Crippen LogP contribution in [0.5, 0.6) is 0 Å². The normalized spacial score (nSPS) is 17.2. The van der Waals surface area contributed by atoms with E-state index < -0.39 is 5.97 Å². The van der Waals surface area contributed by atoms with Gasteiger partial charge in [-0.3, -0.25) is 4.79 Å². The number of carboxylic acid groups (broad SMARTS) is 1. The van der Waals surface area contributed by atoms with Crippen molar-refractivity contribution in [2.24, 2.45) is 5.92 Å². The number of aliphatic carboxylic acids is 1. The van der Waals surface area contributed by atoms with Crippen LogP contribution in [0.25, 0.3) is 0 Å². The third-order valence-electron chi connectivity index (χ3n) is 4.06. The highest BCUT2D eigenvalue weighted by atomic mass is 16.4. The number of rotatable bonds is 6. The Labute approximate surface area is 109 Å². The van der Waals surface area contributed by atoms with E-state index in [1.54, 1.807) is 0 Å². The Bertz CT molecular complexity index is 390. The molecular weight excluding hydrogens is 224 g/mol. The number of hydrogen-bond donors (Lipinski definition) is 1. The molecule has 1 saturated carbocycles. The topological polar surface area (TPSA) is 37.3 Å². The second kappa shape index (κ2) is 6.03. The molecule has 1 aliphatic rings. The summed E-state index contributed by atoms with van der Waals surface area (Å²) in [5, 5.41) is 9.05. The molecule has 0 amide bonds. The molecule has 98 valence electrons. The summed E-state index contributed by atoms with van der Waals surface area (Å²) in [6, 6.07) is 8.59. The van der Waals surface area contributed by atoms with Crippen LogP contribution in [0.15, 0.2) is 24.3 Å². The van der Waals surface area contributed by atoms with Crippen LogP contribution in [-0.2, 0) is 11.2 Å². The number of aryl methyl sites for hydroxylation is 1. The number of benzene rings is 1. The zero-order chi connectivity index (χ0) is 13.0. The quantitative estimate of drug-likeness (QED) is 0.823. The number of carboxylic acids is 1. The van der Waals surface area contributed by atoms with Gasteiger partial charge in [0.05, 0.1) is 6.42 Å². The molecule has 1 fully saturated rings. The maximum Gasteiger partial charge on any atom is 0.303 e. The van der Waals surface area contributed by atoms with E-state index in [1.807, 2.05) is 0 Å². The fourth-order valence-electron chi connectivity index (χ4n) is 2.81. The third-order valence-corrected chi connectivity index (χ3v) is 4.06. The van der Waals surface area contributed by atoms with E-state index in [0.717, 1.165) is 12.8 Å². The van der Waals surface area contributed by atoms with Crippen molar-refractivity contribution < 1.29 is 9.90 Å². The molecule has 0 aliphatic heterocycles. The molecule has 1 unspecified atom stereocenters. The Morgan fingerprint density at radius 2 is 2.00 bits per heavy atom. The minimum atomic E-state index is -0.676. The Hall–Kier alpha value is -1.31. The lowest BCUT2D eigenvalue weighted by molar-refractivity contribution is -0.138. The van der Waals surface area contributed by atoms with Gasteiger partial charge in [0.15, 0.2) is 0 Å². The maximum absolute atomic E-state index is 11.0. The summed E-state index contributed by atoms with van der Waals surface area (Å²) in [4.78, 5) is 11.0. The monoisotopic (exact) mass is 246 g/mol. The van der Waals surface area contributed by atoms with Gasteiger partial charge in [0.1, 0.15) is 0 Å². The molecule has 0 heterocycles. The SMILES string of the molecule is CCCc1ccc(C(CC(=O)O)C2CCC2)cc1. The summed E-state index contributed by atoms with van der Waals surface area (Å²) in [7, 11) is 0. The van der Waals surface area contributed by atoms with Crippen molar-refractivity contribution in [3.63, 3.8) is 0 Å². The number of hydrogen-bond acceptors (Lipinski definition) is 1. The van der Waals surface area contributed by atoms with Crippen molar-refractivity contribution in [3.8, 4) is 0 Å². The van der Waals surface area contributed by atoms with Gasteiger partial charge in [0.2, 0.25) is 0 Å². The lowest BCUT2D eigenvalue weighted by Crippen LogP contribution is -2.22. The van der Waals surface area contributed by atoms with Gasteiger partial charge in [-0.2, -0.15) is 0 Å². The molecule has 2 rings (SSSR count). The largest absolute Gasteiger partial charge is 0.481 e. The average molecular weight is 246 g/mol. The molecule has 1 aromatic rings. The van der Waals surface area contributed by atoms with E-state index in [0.29, 0.717) is 5.92 Å². The van der Waals surface area contributed by atoms with Gasteiger partial charge in [-0.25, -0.2) is 0 Å². The van der Waals surface area contributed by atoms with Gasteiger partial charge in [0, 0.05) is 0 Å². The standard InChI is InChI=1S/C16H22O2/c1-2-4-12-7-9-14(10-8-12)15(11-16(17)18)13-5-3-6-13/h7-10,13,15H,2-6,11H2,1H3,(H,17,18). The summed E-state index contributed by atoms with van der Waals surface area (Å²) in [5.74, 6) is 0.120. The molecule has 2 heteroatoms. The Kier molecular flexibility index (Phi) is 4.40. The molecule has 0 radical (unpaired) electrons. The van der Waals surface area contributed by atoms with Gasteiger partial charge in [0.25, 0.3) is 0 Å². The molecule has 1 aliphatic carbocycles. The van der Waals surface area contributed by atoms with Crippen LogP contribution >= 0.6 is 0 Å². The predicted octanol–water partition coefficient (Wildman–Crippen LogP) is 4.00. The first kappa shape index (κ1) is 13.1. The first-order valence-electron chi connectivity index (χ1n) is 7.01. The molecule has 18 heavy (non-hydrogen) atoms. The number of carbonyl (C=O) groups is 1. The smallest absolute Gasteiger partial charge is 0.303 e. The fraction of sp³-hybridized carbons (Fsp3) is 0.562. The van der Waals surface area contributed by atoms with Crippen LogP contribution in [0.4, 0.5) is 0 Å². The molecule has 0 aromatic heterocycles. The van der Waals surface area contributed by atoms with E-state index in [9.17, 15) is 4.79 Å². The van der Waals surface area contributed by atoms with Crippen LogP contribution in [-0.4, -0.2) is 11.1 Å². The molecule has 2 nitrogen and oxygen atoms in total. The first-order chi connectivity index (χ1) is 8.70. The molecule has 1 atom stereocenters. The Balaban J connectivity index is 2.11. The van der Waals surface area contributed by atoms with Crippen molar-refractivity contribution in [2.45, 2.75) is 51.4 Å². The third kappa shape index (κ3) is 3.12. The zero-order valence-electron chi connectivity index (χ0n) is 11.1. The van der Waals surface area contributed by atoms with Gasteiger partial charge in [-0.15, -0.1) is 0 Å². The van der Waals surface area contributed by atoms with Crippen LogP contribution in [0, 0.1) is 5.92 Å². The van der Waals surface area contributed by atoms with Crippen LogP contribution in [0.3, 0.4) is 0 Å². The van der Waals surface area contributed by atoms with Gasteiger partial charge in [-0.05, 0) is 42.2 Å². The van der Waals surface area contributed by atoms with Gasteiger partial charge < -0.3 is 5.11 Å². The lowest BCUT2D eigenvalue weighted by Gasteiger charge is -2.33. The zero-order valence-corrected chi connectivity index (χ0v) is 11.1. The second-order valence-electron chi connectivity index (χ2n) is 5.39. The molecule has 1 aromatic carbocycles. The van der Waals surface area contributed by atoms with E-state index in [-0.39, 0.29) is 12.3 Å². The van der Waals surface area contributed by atoms with Gasteiger partial charge in [-0.1, -0.05) is 44.0 Å². The summed E-state index contributed by atoms with van der Waals surface area (Å²) in [5.41, 5.74) is 2.56. The van der Waals surface area contributed by atoms with Gasteiger partial charge >= 0.3 is 5.97 Å². The van der Waals surface area contributed by atoms with Crippen molar-refractivity contribution in [3.05, 3.63) is 35.4 Å². The van der Waals surface area contributed by atoms with Crippen molar-refractivity contribution >= 4 is 5.97 Å². The fourth-order valence-corrected chi connectivity index (χ4v) is 2.81. The molecule has 0 bridgehead atoms. The van der Waals surface area contributed by atoms with E-state index in [2.05, 4.69) is 31.2 Å². The average Bonchev–Trinajstić information content (AvgIpc) is 2.27. The highest BCUT2D eigenvalue weighted by Crippen LogP contribution is 2.41. The predicted molar refractivity (Wildman–Crippen MR) is 72.8 cm³/mol. The van der Waals surface area contributed by atoms with E-state index in [4.69, 9.17) is 5.11 Å². The minimum Gasteiger partial charge on any atom is -0.481 e. The summed E-state index contributed by atoms with van der Waals surface area (Å²) >= 11 is 0. The Morgan fingerprint density at radius 1 is 1.33 bits per heavy atom. The summed E-state index contributed by atoms with van der Waals surface area (Å²) in [6.07, 6.45) is 6.17. The van der Waals surface area contributed by atoms with Crippen LogP contribution in [0.2, 0.25) is 0 Å². The van der Waals surface area contributed by atoms with E-state index in [1.165, 1.54) is 30.4 Å². The molecule has 0 saturated heterocycles. The summed E-state index contributed by atoms with van der Waals surface area (Å²) < 4.78 is 0. The molecular formula is C16H22O2. The van der Waals surface area contributed by atoms with Crippen LogP contribution < -0.4 is 0 Å². The Morgan fingerprint density at radius 3 is 2.44 bits per heavy atom. The highest BCUT2D eigenvalue weighted by molar-refractivity contribution is 5.68. The molecule has 1 N–H and O–H groups in total.